The molecular formula is C24H27NO4. The third-order valence-corrected chi connectivity index (χ3v) is 5.59. The first kappa shape index (κ1) is 20.9. The Balaban J connectivity index is 2.06. The first-order valence-electron chi connectivity index (χ1n) is 9.96. The molecule has 0 unspecified atom stereocenters. The molecule has 1 aliphatic heterocycles. The molecule has 152 valence electrons. The zero-order chi connectivity index (χ0) is 21.3. The van der Waals surface area contributed by atoms with E-state index in [4.69, 9.17) is 4.74 Å². The van der Waals surface area contributed by atoms with Crippen LogP contribution >= 0.6 is 0 Å². The lowest BCUT2D eigenvalue weighted by Crippen LogP contribution is -2.59. The van der Waals surface area contributed by atoms with Gasteiger partial charge in [-0.25, -0.2) is 0 Å². The van der Waals surface area contributed by atoms with Gasteiger partial charge >= 0.3 is 5.97 Å². The molecule has 29 heavy (non-hydrogen) atoms. The van der Waals surface area contributed by atoms with Gasteiger partial charge in [0.25, 0.3) is 0 Å². The standard InChI is InChI=1S/C24H27NO4/c1-6-7-8-19-9-15(2)22(16(3)10-19)23-20(28)11-24(12-21(23)29-18(5)27)13-25(14-24)17(4)26/h9-10H,6,11-14H2,1-5H3. The summed E-state index contributed by atoms with van der Waals surface area (Å²) in [4.78, 5) is 38.4. The van der Waals surface area contributed by atoms with Crippen LogP contribution in [0.15, 0.2) is 17.9 Å². The van der Waals surface area contributed by atoms with Crippen LogP contribution in [0.5, 0.6) is 0 Å². The van der Waals surface area contributed by atoms with Crippen molar-refractivity contribution in [1.29, 1.82) is 0 Å². The van der Waals surface area contributed by atoms with Gasteiger partial charge in [0.05, 0.1) is 5.57 Å². The Hall–Kier alpha value is -2.87. The quantitative estimate of drug-likeness (QED) is 0.569. The minimum atomic E-state index is -0.439. The summed E-state index contributed by atoms with van der Waals surface area (Å²) in [5.74, 6) is 6.16. The van der Waals surface area contributed by atoms with E-state index in [-0.39, 0.29) is 17.1 Å². The largest absolute Gasteiger partial charge is 0.430 e. The zero-order valence-corrected chi connectivity index (χ0v) is 17.8. The van der Waals surface area contributed by atoms with Crippen LogP contribution < -0.4 is 0 Å². The van der Waals surface area contributed by atoms with E-state index in [0.29, 0.717) is 37.3 Å². The average Bonchev–Trinajstić information content (AvgIpc) is 2.58. The van der Waals surface area contributed by atoms with Gasteiger partial charge in [0.1, 0.15) is 5.76 Å². The second-order valence-corrected chi connectivity index (χ2v) is 8.18. The molecule has 5 heteroatoms. The molecule has 5 nitrogen and oxygen atoms in total. The van der Waals surface area contributed by atoms with Gasteiger partial charge in [0.15, 0.2) is 5.78 Å². The number of carbonyl (C=O) groups is 3. The average molecular weight is 393 g/mol. The van der Waals surface area contributed by atoms with Crippen LogP contribution in [0.1, 0.15) is 62.3 Å². The number of hydrogen-bond acceptors (Lipinski definition) is 4. The van der Waals surface area contributed by atoms with Gasteiger partial charge < -0.3 is 9.64 Å². The summed E-state index contributed by atoms with van der Waals surface area (Å²) < 4.78 is 5.55. The summed E-state index contributed by atoms with van der Waals surface area (Å²) in [5, 5.41) is 0. The minimum Gasteiger partial charge on any atom is -0.430 e. The fourth-order valence-corrected chi connectivity index (χ4v) is 4.45. The number of ether oxygens (including phenoxy) is 1. The monoisotopic (exact) mass is 393 g/mol. The number of aryl methyl sites for hydroxylation is 2. The molecule has 0 aromatic heterocycles. The van der Waals surface area contributed by atoms with Crippen molar-refractivity contribution in [3.63, 3.8) is 0 Å². The second-order valence-electron chi connectivity index (χ2n) is 8.18. The Morgan fingerprint density at radius 1 is 1.14 bits per heavy atom. The third-order valence-electron chi connectivity index (χ3n) is 5.59. The van der Waals surface area contributed by atoms with E-state index in [1.807, 2.05) is 32.9 Å². The summed E-state index contributed by atoms with van der Waals surface area (Å²) in [6.45, 7) is 9.84. The number of allylic oxidation sites excluding steroid dienone is 2. The molecular weight excluding hydrogens is 366 g/mol. The highest BCUT2D eigenvalue weighted by atomic mass is 16.5. The first-order valence-corrected chi connectivity index (χ1v) is 9.96. The zero-order valence-electron chi connectivity index (χ0n) is 17.8. The van der Waals surface area contributed by atoms with Crippen LogP contribution in [0.3, 0.4) is 0 Å². The SMILES string of the molecule is CCC#Cc1cc(C)c(C2=C(OC(C)=O)CC3(CC2=O)CN(C(C)=O)C3)c(C)c1. The fourth-order valence-electron chi connectivity index (χ4n) is 4.45. The normalized spacial score (nSPS) is 17.6. The van der Waals surface area contributed by atoms with Crippen molar-refractivity contribution >= 4 is 23.2 Å². The van der Waals surface area contributed by atoms with Crippen molar-refractivity contribution in [2.45, 2.75) is 53.9 Å². The Bertz CT molecular complexity index is 961. The molecule has 0 N–H and O–H groups in total. The summed E-state index contributed by atoms with van der Waals surface area (Å²) >= 11 is 0. The number of likely N-dealkylation sites (tertiary alicyclic amines) is 1. The van der Waals surface area contributed by atoms with E-state index in [2.05, 4.69) is 11.8 Å². The summed E-state index contributed by atoms with van der Waals surface area (Å²) in [6, 6.07) is 3.95. The maximum absolute atomic E-state index is 13.3. The van der Waals surface area contributed by atoms with Crippen LogP contribution in [0.2, 0.25) is 0 Å². The highest BCUT2D eigenvalue weighted by Gasteiger charge is 2.50. The number of Topliss-reactive ketones (excluding diaryl/α,β-unsaturated/α-hetero) is 1. The molecule has 1 aliphatic carbocycles. The molecule has 1 amide bonds. The van der Waals surface area contributed by atoms with E-state index in [1.165, 1.54) is 13.8 Å². The number of amides is 1. The Labute approximate surface area is 172 Å². The number of rotatable bonds is 2. The molecule has 0 bridgehead atoms. The van der Waals surface area contributed by atoms with Crippen LogP contribution in [-0.4, -0.2) is 35.6 Å². The number of benzene rings is 1. The number of hydrogen-bond donors (Lipinski definition) is 0. The highest BCUT2D eigenvalue weighted by Crippen LogP contribution is 2.48. The fraction of sp³-hybridized carbons (Fsp3) is 0.458. The topological polar surface area (TPSA) is 63.7 Å². The minimum absolute atomic E-state index is 0.00218. The summed E-state index contributed by atoms with van der Waals surface area (Å²) in [6.07, 6.45) is 1.61. The molecule has 1 aromatic carbocycles. The van der Waals surface area contributed by atoms with Crippen LogP contribution in [0.4, 0.5) is 0 Å². The van der Waals surface area contributed by atoms with E-state index in [0.717, 1.165) is 28.7 Å². The Morgan fingerprint density at radius 2 is 1.76 bits per heavy atom. The summed E-state index contributed by atoms with van der Waals surface area (Å²) in [7, 11) is 0. The number of nitrogens with zero attached hydrogens (tertiary/aromatic N) is 1. The molecule has 2 aliphatic rings. The van der Waals surface area contributed by atoms with Gasteiger partial charge in [0.2, 0.25) is 5.91 Å². The van der Waals surface area contributed by atoms with Crippen molar-refractivity contribution in [3.05, 3.63) is 40.1 Å². The molecule has 3 rings (SSSR count). The number of carbonyl (C=O) groups excluding carboxylic acids is 3. The van der Waals surface area contributed by atoms with Gasteiger partial charge in [0, 0.05) is 57.2 Å². The molecule has 0 atom stereocenters. The Kier molecular flexibility index (Phi) is 5.66. The molecule has 1 spiro atoms. The van der Waals surface area contributed by atoms with E-state index < -0.39 is 5.97 Å². The van der Waals surface area contributed by atoms with Crippen LogP contribution in [-0.2, 0) is 19.1 Å². The first-order chi connectivity index (χ1) is 13.7. The second kappa shape index (κ2) is 7.87. The molecule has 1 saturated heterocycles. The smallest absolute Gasteiger partial charge is 0.307 e. The maximum atomic E-state index is 13.3. The van der Waals surface area contributed by atoms with Crippen molar-refractivity contribution in [1.82, 2.24) is 4.90 Å². The van der Waals surface area contributed by atoms with E-state index >= 15 is 0 Å². The van der Waals surface area contributed by atoms with Crippen molar-refractivity contribution in [2.24, 2.45) is 5.41 Å². The predicted molar refractivity (Wildman–Crippen MR) is 111 cm³/mol. The van der Waals surface area contributed by atoms with Crippen molar-refractivity contribution in [3.8, 4) is 11.8 Å². The lowest BCUT2D eigenvalue weighted by atomic mass is 9.67. The van der Waals surface area contributed by atoms with Crippen LogP contribution in [0, 0.1) is 31.1 Å². The number of ketones is 1. The summed E-state index contributed by atoms with van der Waals surface area (Å²) in [5.41, 5.74) is 3.78. The predicted octanol–water partition coefficient (Wildman–Crippen LogP) is 3.55. The lowest BCUT2D eigenvalue weighted by Gasteiger charge is -2.51. The van der Waals surface area contributed by atoms with E-state index in [9.17, 15) is 14.4 Å². The van der Waals surface area contributed by atoms with Crippen LogP contribution in [0.25, 0.3) is 5.57 Å². The lowest BCUT2D eigenvalue weighted by molar-refractivity contribution is -0.147. The Morgan fingerprint density at radius 3 is 2.28 bits per heavy atom. The van der Waals surface area contributed by atoms with Crippen molar-refractivity contribution < 1.29 is 19.1 Å². The highest BCUT2D eigenvalue weighted by molar-refractivity contribution is 6.23. The molecule has 1 aromatic rings. The van der Waals surface area contributed by atoms with E-state index in [1.54, 1.807) is 4.90 Å². The molecule has 0 saturated carbocycles. The van der Waals surface area contributed by atoms with Crippen molar-refractivity contribution in [2.75, 3.05) is 13.1 Å². The number of esters is 1. The molecule has 1 heterocycles. The maximum Gasteiger partial charge on any atom is 0.307 e. The molecule has 1 fully saturated rings. The van der Waals surface area contributed by atoms with Gasteiger partial charge in [-0.3, -0.25) is 14.4 Å². The van der Waals surface area contributed by atoms with Gasteiger partial charge in [-0.05, 0) is 42.7 Å². The van der Waals surface area contributed by atoms with Gasteiger partial charge in [-0.2, -0.15) is 0 Å². The van der Waals surface area contributed by atoms with Gasteiger partial charge in [-0.1, -0.05) is 18.8 Å². The molecule has 0 radical (unpaired) electrons. The van der Waals surface area contributed by atoms with Gasteiger partial charge in [-0.15, -0.1) is 0 Å². The third kappa shape index (κ3) is 4.12.